The van der Waals surface area contributed by atoms with Crippen LogP contribution in [0.4, 0.5) is 5.82 Å². The molecule has 4 rings (SSSR count). The quantitative estimate of drug-likeness (QED) is 0.706. The van der Waals surface area contributed by atoms with Crippen molar-refractivity contribution in [3.05, 3.63) is 76.5 Å². The van der Waals surface area contributed by atoms with Gasteiger partial charge in [-0.25, -0.2) is 0 Å². The summed E-state index contributed by atoms with van der Waals surface area (Å²) in [5.41, 5.74) is 5.40. The molecule has 1 atom stereocenters. The molecule has 0 unspecified atom stereocenters. The van der Waals surface area contributed by atoms with Crippen molar-refractivity contribution in [1.82, 2.24) is 10.2 Å². The molecule has 5 nitrogen and oxygen atoms in total. The molecule has 3 aromatic rings. The number of anilines is 1. The van der Waals surface area contributed by atoms with E-state index in [1.54, 1.807) is 11.8 Å². The Morgan fingerprint density at radius 1 is 1.15 bits per heavy atom. The largest absolute Gasteiger partial charge is 0.489 e. The summed E-state index contributed by atoms with van der Waals surface area (Å²) >= 11 is 1.59. The second-order valence-electron chi connectivity index (χ2n) is 6.60. The molecule has 0 radical (unpaired) electrons. The maximum atomic E-state index is 12.0. The molecule has 0 saturated heterocycles. The van der Waals surface area contributed by atoms with Gasteiger partial charge in [-0.3, -0.25) is 9.89 Å². The fourth-order valence-corrected chi connectivity index (χ4v) is 4.49. The average Bonchev–Trinajstić information content (AvgIpc) is 2.93. The molecule has 0 fully saturated rings. The number of benzene rings is 2. The molecule has 1 amide bonds. The lowest BCUT2D eigenvalue weighted by atomic mass is 10.0. The zero-order valence-corrected chi connectivity index (χ0v) is 16.1. The van der Waals surface area contributed by atoms with E-state index < -0.39 is 0 Å². The number of fused-ring (bicyclic) bond motifs is 1. The number of aromatic amines is 1. The van der Waals surface area contributed by atoms with Gasteiger partial charge in [-0.1, -0.05) is 42.5 Å². The van der Waals surface area contributed by atoms with Gasteiger partial charge in [0.2, 0.25) is 5.91 Å². The normalized spacial score (nSPS) is 16.4. The van der Waals surface area contributed by atoms with Crippen LogP contribution in [0.25, 0.3) is 0 Å². The molecule has 2 aromatic carbocycles. The molecule has 0 spiro atoms. The first kappa shape index (κ1) is 17.7. The summed E-state index contributed by atoms with van der Waals surface area (Å²) < 4.78 is 6.21. The highest BCUT2D eigenvalue weighted by Gasteiger charge is 2.30. The number of carbonyl (C=O) groups is 1. The van der Waals surface area contributed by atoms with Crippen molar-refractivity contribution in [2.45, 2.75) is 25.7 Å². The second kappa shape index (κ2) is 7.48. The Hall–Kier alpha value is -2.73. The number of thioether (sulfide) groups is 1. The van der Waals surface area contributed by atoms with Crippen molar-refractivity contribution in [1.29, 1.82) is 0 Å². The van der Waals surface area contributed by atoms with Crippen LogP contribution >= 0.6 is 11.8 Å². The molecule has 1 aliphatic heterocycles. The van der Waals surface area contributed by atoms with Gasteiger partial charge in [0.05, 0.1) is 11.0 Å². The van der Waals surface area contributed by atoms with Crippen LogP contribution in [0.2, 0.25) is 0 Å². The molecule has 0 bridgehead atoms. The van der Waals surface area contributed by atoms with E-state index in [0.29, 0.717) is 18.2 Å². The third kappa shape index (κ3) is 3.57. The van der Waals surface area contributed by atoms with Crippen LogP contribution in [-0.4, -0.2) is 21.9 Å². The predicted molar refractivity (Wildman–Crippen MR) is 108 cm³/mol. The highest BCUT2D eigenvalue weighted by atomic mass is 32.2. The van der Waals surface area contributed by atoms with Crippen molar-refractivity contribution >= 4 is 23.5 Å². The van der Waals surface area contributed by atoms with Gasteiger partial charge in [-0.15, -0.1) is 11.8 Å². The Balaban J connectivity index is 1.68. The van der Waals surface area contributed by atoms with Crippen LogP contribution in [0, 0.1) is 13.8 Å². The summed E-state index contributed by atoms with van der Waals surface area (Å²) in [5, 5.41) is 10.1. The van der Waals surface area contributed by atoms with Crippen LogP contribution in [0.1, 0.15) is 33.2 Å². The number of nitrogens with zero attached hydrogens (tertiary/aromatic N) is 1. The van der Waals surface area contributed by atoms with E-state index in [2.05, 4.69) is 40.6 Å². The summed E-state index contributed by atoms with van der Waals surface area (Å²) in [6, 6.07) is 16.3. The number of para-hydroxylation sites is 1. The topological polar surface area (TPSA) is 67.0 Å². The van der Waals surface area contributed by atoms with Crippen LogP contribution in [0.15, 0.2) is 48.5 Å². The Bertz CT molecular complexity index is 983. The molecular weight excluding hydrogens is 358 g/mol. The molecule has 0 saturated carbocycles. The van der Waals surface area contributed by atoms with E-state index in [0.717, 1.165) is 28.1 Å². The average molecular weight is 379 g/mol. The van der Waals surface area contributed by atoms with Gasteiger partial charge in [0, 0.05) is 16.8 Å². The molecule has 2 heterocycles. The number of H-pyrrole nitrogens is 1. The van der Waals surface area contributed by atoms with Gasteiger partial charge >= 0.3 is 0 Å². The monoisotopic (exact) mass is 379 g/mol. The first-order valence-corrected chi connectivity index (χ1v) is 9.91. The molecule has 1 aliphatic rings. The lowest BCUT2D eigenvalue weighted by molar-refractivity contribution is -0.113. The van der Waals surface area contributed by atoms with Crippen LogP contribution in [0.3, 0.4) is 0 Å². The number of rotatable bonds is 4. The summed E-state index contributed by atoms with van der Waals surface area (Å²) in [7, 11) is 0. The highest BCUT2D eigenvalue weighted by Crippen LogP contribution is 2.45. The fraction of sp³-hybridized carbons (Fsp3) is 0.238. The number of nitrogens with one attached hydrogen (secondary N) is 2. The van der Waals surface area contributed by atoms with Crippen LogP contribution < -0.4 is 10.1 Å². The number of ether oxygens (including phenoxy) is 1. The van der Waals surface area contributed by atoms with Gasteiger partial charge in [0.1, 0.15) is 12.4 Å². The molecule has 27 heavy (non-hydrogen) atoms. The van der Waals surface area contributed by atoms with E-state index in [-0.39, 0.29) is 11.2 Å². The van der Waals surface area contributed by atoms with E-state index in [1.807, 2.05) is 37.3 Å². The molecular formula is C21H21N3O2S. The van der Waals surface area contributed by atoms with E-state index >= 15 is 0 Å². The highest BCUT2D eigenvalue weighted by molar-refractivity contribution is 8.00. The second-order valence-corrected chi connectivity index (χ2v) is 7.70. The standard InChI is InChI=1S/C21H21N3O2S/c1-13-7-3-4-8-15(13)11-26-17-10-6-5-9-16(17)20-19-14(2)23-24-21(19)22-18(25)12-27-20/h3-10,20H,11-12H2,1-2H3,(H2,22,23,24,25)/t20-/m0/s1. The third-order valence-corrected chi connectivity index (χ3v) is 5.99. The lowest BCUT2D eigenvalue weighted by Gasteiger charge is -2.19. The van der Waals surface area contributed by atoms with E-state index in [1.165, 1.54) is 5.56 Å². The summed E-state index contributed by atoms with van der Waals surface area (Å²) in [5.74, 6) is 1.79. The number of carbonyl (C=O) groups excluding carboxylic acids is 1. The Kier molecular flexibility index (Phi) is 4.90. The zero-order chi connectivity index (χ0) is 18.8. The van der Waals surface area contributed by atoms with Gasteiger partial charge in [-0.05, 0) is 31.0 Å². The minimum absolute atomic E-state index is 0.0224. The number of hydrogen-bond acceptors (Lipinski definition) is 4. The minimum Gasteiger partial charge on any atom is -0.489 e. The van der Waals surface area contributed by atoms with E-state index in [9.17, 15) is 4.79 Å². The van der Waals surface area contributed by atoms with Crippen molar-refractivity contribution in [3.8, 4) is 5.75 Å². The Morgan fingerprint density at radius 2 is 1.93 bits per heavy atom. The van der Waals surface area contributed by atoms with Crippen molar-refractivity contribution in [3.63, 3.8) is 0 Å². The molecule has 6 heteroatoms. The number of hydrogen-bond donors (Lipinski definition) is 2. The van der Waals surface area contributed by atoms with E-state index in [4.69, 9.17) is 4.74 Å². The maximum Gasteiger partial charge on any atom is 0.235 e. The van der Waals surface area contributed by atoms with Gasteiger partial charge in [-0.2, -0.15) is 5.10 Å². The zero-order valence-electron chi connectivity index (χ0n) is 15.3. The number of aromatic nitrogens is 2. The van der Waals surface area contributed by atoms with Crippen molar-refractivity contribution in [2.75, 3.05) is 11.1 Å². The maximum absolute atomic E-state index is 12.0. The minimum atomic E-state index is -0.0337. The van der Waals surface area contributed by atoms with Crippen molar-refractivity contribution in [2.24, 2.45) is 0 Å². The lowest BCUT2D eigenvalue weighted by Crippen LogP contribution is -2.12. The number of amides is 1. The van der Waals surface area contributed by atoms with Gasteiger partial charge < -0.3 is 10.1 Å². The molecule has 0 aliphatic carbocycles. The van der Waals surface area contributed by atoms with Gasteiger partial charge in [0.25, 0.3) is 0 Å². The smallest absolute Gasteiger partial charge is 0.235 e. The summed E-state index contributed by atoms with van der Waals surface area (Å²) in [6.07, 6.45) is 0. The Labute approximate surface area is 162 Å². The molecule has 1 aromatic heterocycles. The van der Waals surface area contributed by atoms with Gasteiger partial charge in [0.15, 0.2) is 5.82 Å². The van der Waals surface area contributed by atoms with Crippen molar-refractivity contribution < 1.29 is 9.53 Å². The van der Waals surface area contributed by atoms with Crippen LogP contribution in [0.5, 0.6) is 5.75 Å². The first-order chi connectivity index (χ1) is 13.1. The summed E-state index contributed by atoms with van der Waals surface area (Å²) in [6.45, 7) is 4.58. The fourth-order valence-electron chi connectivity index (χ4n) is 3.27. The van der Waals surface area contributed by atoms with Crippen LogP contribution in [-0.2, 0) is 11.4 Å². The summed E-state index contributed by atoms with van der Waals surface area (Å²) in [4.78, 5) is 12.0. The molecule has 138 valence electrons. The Morgan fingerprint density at radius 3 is 2.78 bits per heavy atom. The molecule has 2 N–H and O–H groups in total. The first-order valence-electron chi connectivity index (χ1n) is 8.86. The predicted octanol–water partition coefficient (Wildman–Crippen LogP) is 4.38. The SMILES string of the molecule is Cc1ccccc1COc1ccccc1[C@@H]1SCC(=O)Nc2n[nH]c(C)c21. The number of aryl methyl sites for hydroxylation is 2. The third-order valence-electron chi connectivity index (χ3n) is 4.74.